The molecule has 4 unspecified atom stereocenters. The molecule has 7 rings (SSSR count). The smallest absolute Gasteiger partial charge is 0.274 e. The summed E-state index contributed by atoms with van der Waals surface area (Å²) in [4.78, 5) is 30.2. The summed E-state index contributed by atoms with van der Waals surface area (Å²) in [6.45, 7) is 0. The first-order valence-electron chi connectivity index (χ1n) is 11.4. The Morgan fingerprint density at radius 1 is 1.12 bits per heavy atom. The van der Waals surface area contributed by atoms with Crippen molar-refractivity contribution in [3.05, 3.63) is 65.9 Å². The highest BCUT2D eigenvalue weighted by atomic mass is 19.1. The number of pyridine rings is 1. The summed E-state index contributed by atoms with van der Waals surface area (Å²) in [5, 5.41) is 16.7. The molecule has 1 spiro atoms. The maximum absolute atomic E-state index is 14.5. The van der Waals surface area contributed by atoms with Crippen molar-refractivity contribution in [2.45, 2.75) is 43.2 Å². The van der Waals surface area contributed by atoms with Crippen molar-refractivity contribution >= 4 is 23.1 Å². The van der Waals surface area contributed by atoms with Gasteiger partial charge in [0, 0.05) is 22.7 Å². The molecule has 4 saturated carbocycles. The zero-order valence-corrected chi connectivity index (χ0v) is 17.8. The summed E-state index contributed by atoms with van der Waals surface area (Å²) >= 11 is 0. The van der Waals surface area contributed by atoms with Gasteiger partial charge >= 0.3 is 0 Å². The third-order valence-corrected chi connectivity index (χ3v) is 8.87. The second-order valence-corrected chi connectivity index (χ2v) is 10.4. The van der Waals surface area contributed by atoms with Crippen LogP contribution in [0.25, 0.3) is 5.65 Å². The van der Waals surface area contributed by atoms with Crippen molar-refractivity contribution < 1.29 is 19.1 Å². The number of hydrogen-bond acceptors (Lipinski definition) is 4. The number of imidazole rings is 1. The van der Waals surface area contributed by atoms with E-state index in [4.69, 9.17) is 0 Å². The quantitative estimate of drug-likeness (QED) is 0.574. The summed E-state index contributed by atoms with van der Waals surface area (Å²) in [6, 6.07) is 9.36. The average Bonchev–Trinajstić information content (AvgIpc) is 3.39. The molecule has 2 heterocycles. The SMILES string of the molecule is O=C(NC12C[C@H]3CC4CC(O)(C1)CC432)c1ccc(F)c(NC(=O)c2cnc3ccccn23)c1. The van der Waals surface area contributed by atoms with E-state index in [-0.39, 0.29) is 33.8 Å². The highest BCUT2D eigenvalue weighted by molar-refractivity contribution is 6.04. The third kappa shape index (κ3) is 2.34. The highest BCUT2D eigenvalue weighted by Gasteiger charge is 2.84. The van der Waals surface area contributed by atoms with E-state index in [1.165, 1.54) is 24.4 Å². The van der Waals surface area contributed by atoms with Gasteiger partial charge in [-0.1, -0.05) is 6.07 Å². The molecular formula is C25H23FN4O3. The number of aliphatic hydroxyl groups is 1. The van der Waals surface area contributed by atoms with Crippen molar-refractivity contribution in [1.29, 1.82) is 0 Å². The van der Waals surface area contributed by atoms with Crippen molar-refractivity contribution in [3.8, 4) is 0 Å². The van der Waals surface area contributed by atoms with Gasteiger partial charge in [-0.2, -0.15) is 0 Å². The van der Waals surface area contributed by atoms with E-state index in [0.717, 1.165) is 25.7 Å². The van der Waals surface area contributed by atoms with Gasteiger partial charge in [0.25, 0.3) is 11.8 Å². The summed E-state index contributed by atoms with van der Waals surface area (Å²) in [5.41, 5.74) is 0.106. The molecule has 3 N–H and O–H groups in total. The van der Waals surface area contributed by atoms with Crippen molar-refractivity contribution in [2.24, 2.45) is 17.3 Å². The van der Waals surface area contributed by atoms with Crippen LogP contribution in [0.15, 0.2) is 48.8 Å². The Morgan fingerprint density at radius 2 is 1.97 bits per heavy atom. The number of hydrogen-bond donors (Lipinski definition) is 3. The first kappa shape index (κ1) is 19.2. The Labute approximate surface area is 189 Å². The van der Waals surface area contributed by atoms with E-state index < -0.39 is 17.3 Å². The Balaban J connectivity index is 1.14. The molecule has 0 saturated heterocycles. The van der Waals surface area contributed by atoms with E-state index in [2.05, 4.69) is 15.6 Å². The second kappa shape index (κ2) is 5.99. The van der Waals surface area contributed by atoms with E-state index >= 15 is 0 Å². The van der Waals surface area contributed by atoms with Gasteiger partial charge in [-0.25, -0.2) is 9.37 Å². The predicted molar refractivity (Wildman–Crippen MR) is 117 cm³/mol. The largest absolute Gasteiger partial charge is 0.390 e. The van der Waals surface area contributed by atoms with E-state index in [9.17, 15) is 19.1 Å². The Morgan fingerprint density at radius 3 is 2.79 bits per heavy atom. The number of benzene rings is 1. The number of aromatic nitrogens is 2. The fourth-order valence-electron chi connectivity index (χ4n) is 7.75. The number of nitrogens with one attached hydrogen (secondary N) is 2. The molecule has 0 aliphatic heterocycles. The maximum atomic E-state index is 14.5. The van der Waals surface area contributed by atoms with Gasteiger partial charge in [-0.3, -0.25) is 14.0 Å². The molecule has 2 amide bonds. The van der Waals surface area contributed by atoms with Crippen LogP contribution in [-0.4, -0.2) is 37.4 Å². The lowest BCUT2D eigenvalue weighted by atomic mass is 9.35. The maximum Gasteiger partial charge on any atom is 0.274 e. The number of carbonyl (C=O) groups is 2. The van der Waals surface area contributed by atoms with Crippen molar-refractivity contribution in [2.75, 3.05) is 5.32 Å². The zero-order valence-electron chi connectivity index (χ0n) is 17.8. The van der Waals surface area contributed by atoms with Crippen LogP contribution in [0.5, 0.6) is 0 Å². The molecular weight excluding hydrogens is 423 g/mol. The van der Waals surface area contributed by atoms with Crippen LogP contribution in [0.2, 0.25) is 0 Å². The number of anilines is 1. The van der Waals surface area contributed by atoms with Gasteiger partial charge in [0.05, 0.1) is 17.5 Å². The molecule has 3 aromatic rings. The zero-order chi connectivity index (χ0) is 22.6. The first-order valence-corrected chi connectivity index (χ1v) is 11.4. The van der Waals surface area contributed by atoms with E-state index in [1.807, 2.05) is 6.07 Å². The monoisotopic (exact) mass is 446 g/mol. The molecule has 0 radical (unpaired) electrons. The minimum absolute atomic E-state index is 0.0392. The number of nitrogens with zero attached hydrogens (tertiary/aromatic N) is 2. The van der Waals surface area contributed by atoms with Gasteiger partial charge in [-0.15, -0.1) is 0 Å². The molecule has 33 heavy (non-hydrogen) atoms. The fourth-order valence-corrected chi connectivity index (χ4v) is 7.75. The van der Waals surface area contributed by atoms with E-state index in [0.29, 0.717) is 23.9 Å². The van der Waals surface area contributed by atoms with Gasteiger partial charge < -0.3 is 15.7 Å². The predicted octanol–water partition coefficient (Wildman–Crippen LogP) is 3.15. The normalized spacial score (nSPS) is 35.0. The number of halogens is 1. The lowest BCUT2D eigenvalue weighted by Gasteiger charge is -2.72. The van der Waals surface area contributed by atoms with Crippen molar-refractivity contribution in [3.63, 3.8) is 0 Å². The molecule has 7 nitrogen and oxygen atoms in total. The topological polar surface area (TPSA) is 95.7 Å². The molecule has 5 atom stereocenters. The minimum Gasteiger partial charge on any atom is -0.390 e. The summed E-state index contributed by atoms with van der Waals surface area (Å²) < 4.78 is 16.1. The lowest BCUT2D eigenvalue weighted by molar-refractivity contribution is -0.206. The molecule has 2 aromatic heterocycles. The summed E-state index contributed by atoms with van der Waals surface area (Å²) in [5.74, 6) is -0.355. The Hall–Kier alpha value is -3.26. The van der Waals surface area contributed by atoms with Crippen LogP contribution < -0.4 is 10.6 Å². The number of carbonyl (C=O) groups excluding carboxylic acids is 2. The third-order valence-electron chi connectivity index (χ3n) is 8.87. The summed E-state index contributed by atoms with van der Waals surface area (Å²) in [6.07, 6.45) is 7.40. The van der Waals surface area contributed by atoms with Crippen LogP contribution in [0.4, 0.5) is 10.1 Å². The lowest BCUT2D eigenvalue weighted by Crippen LogP contribution is -2.77. The Kier molecular flexibility index (Phi) is 3.49. The van der Waals surface area contributed by atoms with Crippen molar-refractivity contribution in [1.82, 2.24) is 14.7 Å². The van der Waals surface area contributed by atoms with Crippen LogP contribution >= 0.6 is 0 Å². The van der Waals surface area contributed by atoms with Crippen LogP contribution in [0.3, 0.4) is 0 Å². The van der Waals surface area contributed by atoms with Gasteiger partial charge in [-0.05, 0) is 74.3 Å². The van der Waals surface area contributed by atoms with Crippen LogP contribution in [-0.2, 0) is 0 Å². The Bertz CT molecular complexity index is 1370. The molecule has 8 heteroatoms. The summed E-state index contributed by atoms with van der Waals surface area (Å²) in [7, 11) is 0. The molecule has 168 valence electrons. The first-order chi connectivity index (χ1) is 15.8. The fraction of sp³-hybridized carbons (Fsp3) is 0.400. The highest BCUT2D eigenvalue weighted by Crippen LogP contribution is 2.83. The molecule has 2 bridgehead atoms. The minimum atomic E-state index is -0.668. The number of rotatable bonds is 4. The van der Waals surface area contributed by atoms with Gasteiger partial charge in [0.2, 0.25) is 0 Å². The standard InChI is InChI=1S/C25H23FN4O3/c26-17-5-4-14(7-18(17)28-22(32)19-11-27-20-3-1-2-6-30(19)20)21(31)29-24-10-16-8-15-9-23(33,12-24)13-25(15,16)24/h1-7,11,15-16,33H,8-10,12-13H2,(H,28,32)(H,29,31)/t15?,16-,23?,24?,25?/m1/s1. The molecule has 4 aliphatic rings. The number of fused-ring (bicyclic) bond motifs is 2. The van der Waals surface area contributed by atoms with Gasteiger partial charge in [0.1, 0.15) is 17.2 Å². The molecule has 4 aliphatic carbocycles. The molecule has 1 aromatic carbocycles. The number of amides is 2. The van der Waals surface area contributed by atoms with E-state index in [1.54, 1.807) is 22.7 Å². The van der Waals surface area contributed by atoms with Gasteiger partial charge in [0.15, 0.2) is 0 Å². The second-order valence-electron chi connectivity index (χ2n) is 10.4. The average molecular weight is 446 g/mol. The van der Waals surface area contributed by atoms with Crippen LogP contribution in [0.1, 0.15) is 53.0 Å². The van der Waals surface area contributed by atoms with Crippen LogP contribution in [0, 0.1) is 23.1 Å². The molecule has 4 fully saturated rings.